The summed E-state index contributed by atoms with van der Waals surface area (Å²) in [5.41, 5.74) is 2.72. The first-order valence-electron chi connectivity index (χ1n) is 6.03. The molecular weight excluding hydrogens is 240 g/mol. The van der Waals surface area contributed by atoms with Crippen LogP contribution >= 0.6 is 0 Å². The molecule has 0 aliphatic carbocycles. The molecule has 96 valence electrons. The van der Waals surface area contributed by atoms with E-state index in [1.54, 1.807) is 18.3 Å². The van der Waals surface area contributed by atoms with E-state index in [9.17, 15) is 5.11 Å². The third kappa shape index (κ3) is 2.22. The van der Waals surface area contributed by atoms with Crippen molar-refractivity contribution < 1.29 is 5.11 Å². The predicted molar refractivity (Wildman–Crippen MR) is 73.9 cm³/mol. The summed E-state index contributed by atoms with van der Waals surface area (Å²) in [5.74, 6) is 1.18. The van der Waals surface area contributed by atoms with Crippen LogP contribution in [0.4, 0.5) is 5.69 Å². The molecule has 0 aliphatic heterocycles. The lowest BCUT2D eigenvalue weighted by Crippen LogP contribution is -2.06. The van der Waals surface area contributed by atoms with Crippen molar-refractivity contribution in [2.45, 2.75) is 6.54 Å². The molecule has 0 radical (unpaired) electrons. The van der Waals surface area contributed by atoms with E-state index in [4.69, 9.17) is 0 Å². The van der Waals surface area contributed by atoms with Crippen molar-refractivity contribution in [1.29, 1.82) is 0 Å². The minimum atomic E-state index is 0.262. The molecule has 0 amide bonds. The Morgan fingerprint density at radius 3 is 2.74 bits per heavy atom. The van der Waals surface area contributed by atoms with Crippen LogP contribution < -0.4 is 5.32 Å². The van der Waals surface area contributed by atoms with Gasteiger partial charge in [-0.05, 0) is 36.4 Å². The average molecular weight is 254 g/mol. The number of fused-ring (bicyclic) bond motifs is 1. The van der Waals surface area contributed by atoms with Gasteiger partial charge in [-0.1, -0.05) is 0 Å². The minimum absolute atomic E-state index is 0.262. The Morgan fingerprint density at radius 2 is 2.00 bits per heavy atom. The lowest BCUT2D eigenvalue weighted by Gasteiger charge is -2.06. The van der Waals surface area contributed by atoms with Crippen LogP contribution in [0, 0.1) is 0 Å². The Hall–Kier alpha value is -2.56. The van der Waals surface area contributed by atoms with Crippen molar-refractivity contribution in [3.63, 3.8) is 0 Å². The average Bonchev–Trinajstić information content (AvgIpc) is 2.76. The molecule has 5 heteroatoms. The van der Waals surface area contributed by atoms with Crippen molar-refractivity contribution in [3.05, 3.63) is 48.4 Å². The van der Waals surface area contributed by atoms with E-state index in [0.717, 1.165) is 22.7 Å². The number of benzene rings is 1. The topological polar surface area (TPSA) is 63.0 Å². The maximum absolute atomic E-state index is 9.23. The maximum atomic E-state index is 9.23. The number of nitrogens with one attached hydrogen (secondary N) is 1. The summed E-state index contributed by atoms with van der Waals surface area (Å²) in [6, 6.07) is 10.8. The van der Waals surface area contributed by atoms with Crippen molar-refractivity contribution in [1.82, 2.24) is 14.5 Å². The molecule has 2 N–H and O–H groups in total. The summed E-state index contributed by atoms with van der Waals surface area (Å²) in [4.78, 5) is 8.84. The molecule has 19 heavy (non-hydrogen) atoms. The standard InChI is InChI=1S/C14H14N4O/c1-18-13(17-12-3-2-8-15-14(12)18)9-16-10-4-6-11(19)7-5-10/h2-8,16,19H,9H2,1H3. The van der Waals surface area contributed by atoms with Gasteiger partial charge in [-0.15, -0.1) is 0 Å². The van der Waals surface area contributed by atoms with E-state index in [2.05, 4.69) is 15.3 Å². The molecule has 0 fully saturated rings. The molecule has 0 spiro atoms. The zero-order chi connectivity index (χ0) is 13.2. The SMILES string of the molecule is Cn1c(CNc2ccc(O)cc2)nc2cccnc21. The summed E-state index contributed by atoms with van der Waals surface area (Å²) < 4.78 is 1.97. The van der Waals surface area contributed by atoms with Gasteiger partial charge in [0, 0.05) is 18.9 Å². The molecule has 0 saturated heterocycles. The van der Waals surface area contributed by atoms with Gasteiger partial charge < -0.3 is 15.0 Å². The quantitative estimate of drug-likeness (QED) is 0.704. The third-order valence-electron chi connectivity index (χ3n) is 3.04. The van der Waals surface area contributed by atoms with E-state index in [1.807, 2.05) is 35.9 Å². The van der Waals surface area contributed by atoms with Gasteiger partial charge in [0.1, 0.15) is 17.1 Å². The largest absolute Gasteiger partial charge is 0.508 e. The van der Waals surface area contributed by atoms with Gasteiger partial charge >= 0.3 is 0 Å². The number of anilines is 1. The number of hydrogen-bond acceptors (Lipinski definition) is 4. The second kappa shape index (κ2) is 4.61. The number of phenols is 1. The number of aryl methyl sites for hydroxylation is 1. The van der Waals surface area contributed by atoms with E-state index in [1.165, 1.54) is 0 Å². The number of pyridine rings is 1. The first-order chi connectivity index (χ1) is 9.24. The zero-order valence-corrected chi connectivity index (χ0v) is 10.5. The summed E-state index contributed by atoms with van der Waals surface area (Å²) in [6.07, 6.45) is 1.77. The number of rotatable bonds is 3. The lowest BCUT2D eigenvalue weighted by molar-refractivity contribution is 0.475. The normalized spacial score (nSPS) is 10.8. The predicted octanol–water partition coefficient (Wildman–Crippen LogP) is 2.29. The second-order valence-corrected chi connectivity index (χ2v) is 4.33. The fourth-order valence-corrected chi connectivity index (χ4v) is 1.99. The molecule has 0 aliphatic rings. The smallest absolute Gasteiger partial charge is 0.159 e. The first kappa shape index (κ1) is 11.5. The number of aromatic hydroxyl groups is 1. The van der Waals surface area contributed by atoms with E-state index < -0.39 is 0 Å². The van der Waals surface area contributed by atoms with E-state index >= 15 is 0 Å². The third-order valence-corrected chi connectivity index (χ3v) is 3.04. The van der Waals surface area contributed by atoms with Crippen LogP contribution in [-0.2, 0) is 13.6 Å². The highest BCUT2D eigenvalue weighted by Gasteiger charge is 2.07. The van der Waals surface area contributed by atoms with Gasteiger partial charge in [0.2, 0.25) is 0 Å². The maximum Gasteiger partial charge on any atom is 0.159 e. The molecule has 0 unspecified atom stereocenters. The van der Waals surface area contributed by atoms with Crippen molar-refractivity contribution in [2.24, 2.45) is 7.05 Å². The van der Waals surface area contributed by atoms with Crippen molar-refractivity contribution in [2.75, 3.05) is 5.32 Å². The van der Waals surface area contributed by atoms with Crippen LogP contribution in [0.5, 0.6) is 5.75 Å². The monoisotopic (exact) mass is 254 g/mol. The summed E-state index contributed by atoms with van der Waals surface area (Å²) in [5, 5.41) is 12.5. The van der Waals surface area contributed by atoms with Gasteiger partial charge in [0.25, 0.3) is 0 Å². The van der Waals surface area contributed by atoms with Gasteiger partial charge in [-0.25, -0.2) is 9.97 Å². The highest BCUT2D eigenvalue weighted by molar-refractivity contribution is 5.71. The van der Waals surface area contributed by atoms with E-state index in [0.29, 0.717) is 6.54 Å². The van der Waals surface area contributed by atoms with Crippen LogP contribution in [0.1, 0.15) is 5.82 Å². The van der Waals surface area contributed by atoms with Gasteiger partial charge in [-0.3, -0.25) is 0 Å². The van der Waals surface area contributed by atoms with Crippen molar-refractivity contribution in [3.8, 4) is 5.75 Å². The molecule has 0 atom stereocenters. The molecule has 5 nitrogen and oxygen atoms in total. The molecule has 3 rings (SSSR count). The fraction of sp³-hybridized carbons (Fsp3) is 0.143. The Labute approximate surface area is 110 Å². The van der Waals surface area contributed by atoms with Gasteiger partial charge in [0.05, 0.1) is 6.54 Å². The molecule has 2 heterocycles. The summed E-state index contributed by atoms with van der Waals surface area (Å²) >= 11 is 0. The Balaban J connectivity index is 1.82. The minimum Gasteiger partial charge on any atom is -0.508 e. The highest BCUT2D eigenvalue weighted by Crippen LogP contribution is 2.16. The van der Waals surface area contributed by atoms with Gasteiger partial charge in [-0.2, -0.15) is 0 Å². The van der Waals surface area contributed by atoms with Crippen LogP contribution in [0.25, 0.3) is 11.2 Å². The molecule has 0 saturated carbocycles. The van der Waals surface area contributed by atoms with Crippen LogP contribution in [0.3, 0.4) is 0 Å². The Morgan fingerprint density at radius 1 is 1.21 bits per heavy atom. The molecule has 1 aromatic carbocycles. The van der Waals surface area contributed by atoms with Crippen LogP contribution in [0.15, 0.2) is 42.6 Å². The fourth-order valence-electron chi connectivity index (χ4n) is 1.99. The van der Waals surface area contributed by atoms with E-state index in [-0.39, 0.29) is 5.75 Å². The van der Waals surface area contributed by atoms with Crippen molar-refractivity contribution >= 4 is 16.9 Å². The number of imidazole rings is 1. The molecule has 0 bridgehead atoms. The number of nitrogens with zero attached hydrogens (tertiary/aromatic N) is 3. The van der Waals surface area contributed by atoms with Crippen LogP contribution in [0.2, 0.25) is 0 Å². The second-order valence-electron chi connectivity index (χ2n) is 4.33. The molecular formula is C14H14N4O. The first-order valence-corrected chi connectivity index (χ1v) is 6.03. The van der Waals surface area contributed by atoms with Gasteiger partial charge in [0.15, 0.2) is 5.65 Å². The number of phenolic OH excluding ortho intramolecular Hbond substituents is 1. The highest BCUT2D eigenvalue weighted by atomic mass is 16.3. The zero-order valence-electron chi connectivity index (χ0n) is 10.5. The number of hydrogen-bond donors (Lipinski definition) is 2. The Kier molecular flexibility index (Phi) is 2.79. The lowest BCUT2D eigenvalue weighted by atomic mass is 10.3. The molecule has 2 aromatic heterocycles. The summed E-state index contributed by atoms with van der Waals surface area (Å²) in [7, 11) is 1.95. The summed E-state index contributed by atoms with van der Waals surface area (Å²) in [6.45, 7) is 0.609. The van der Waals surface area contributed by atoms with Crippen LogP contribution in [-0.4, -0.2) is 19.6 Å². The Bertz CT molecular complexity index is 703. The number of aromatic nitrogens is 3. The molecule has 3 aromatic rings.